The van der Waals surface area contributed by atoms with Crippen LogP contribution in [0.2, 0.25) is 0 Å². The third-order valence-corrected chi connectivity index (χ3v) is 4.18. The van der Waals surface area contributed by atoms with Gasteiger partial charge in [0.2, 0.25) is 5.91 Å². The molecule has 1 unspecified atom stereocenters. The first-order chi connectivity index (χ1) is 9.91. The van der Waals surface area contributed by atoms with Crippen molar-refractivity contribution in [2.24, 2.45) is 5.73 Å². The Kier molecular flexibility index (Phi) is 7.41. The fourth-order valence-corrected chi connectivity index (χ4v) is 2.66. The predicted octanol–water partition coefficient (Wildman–Crippen LogP) is 1.24. The molecule has 2 amide bonds. The first kappa shape index (κ1) is 17.7. The number of carbonyl (C=O) groups is 3. The molecule has 4 N–H and O–H groups in total. The second kappa shape index (κ2) is 8.81. The molecular weight excluding hydrogens is 360 g/mol. The maximum atomic E-state index is 11.8. The molecule has 114 valence electrons. The van der Waals surface area contributed by atoms with E-state index < -0.39 is 23.8 Å². The van der Waals surface area contributed by atoms with Crippen molar-refractivity contribution in [3.63, 3.8) is 0 Å². The number of benzene rings is 1. The molecule has 0 saturated carbocycles. The molecule has 0 aliphatic heterocycles. The van der Waals surface area contributed by atoms with E-state index in [1.807, 2.05) is 0 Å². The number of halogens is 1. The van der Waals surface area contributed by atoms with Crippen molar-refractivity contribution < 1.29 is 19.5 Å². The van der Waals surface area contributed by atoms with Crippen LogP contribution in [-0.2, 0) is 9.59 Å². The van der Waals surface area contributed by atoms with E-state index in [0.29, 0.717) is 15.8 Å². The summed E-state index contributed by atoms with van der Waals surface area (Å²) in [6.45, 7) is 0. The van der Waals surface area contributed by atoms with E-state index in [2.05, 4.69) is 21.2 Å². The highest BCUT2D eigenvalue weighted by Crippen LogP contribution is 2.15. The van der Waals surface area contributed by atoms with E-state index in [1.54, 1.807) is 24.3 Å². The second-order valence-corrected chi connectivity index (χ2v) is 6.10. The summed E-state index contributed by atoms with van der Waals surface area (Å²) in [6.07, 6.45) is 0.269. The van der Waals surface area contributed by atoms with E-state index in [1.165, 1.54) is 11.8 Å². The molecule has 0 aromatic heterocycles. The smallest absolute Gasteiger partial charge is 0.320 e. The molecule has 8 heteroatoms. The molecule has 1 aromatic carbocycles. The number of thioether (sulfide) groups is 1. The van der Waals surface area contributed by atoms with E-state index in [-0.39, 0.29) is 12.2 Å². The predicted molar refractivity (Wildman–Crippen MR) is 84.2 cm³/mol. The Labute approximate surface area is 134 Å². The number of nitrogens with one attached hydrogen (secondary N) is 1. The van der Waals surface area contributed by atoms with Crippen LogP contribution in [0.15, 0.2) is 28.7 Å². The van der Waals surface area contributed by atoms with Gasteiger partial charge in [0.05, 0.1) is 11.3 Å². The van der Waals surface area contributed by atoms with Crippen LogP contribution in [-0.4, -0.2) is 40.4 Å². The fourth-order valence-electron chi connectivity index (χ4n) is 1.37. The van der Waals surface area contributed by atoms with Gasteiger partial charge < -0.3 is 10.8 Å². The lowest BCUT2D eigenvalue weighted by molar-refractivity contribution is -0.138. The molecule has 0 saturated heterocycles. The number of aliphatic carboxylic acids is 1. The molecule has 0 aliphatic carbocycles. The van der Waals surface area contributed by atoms with Crippen molar-refractivity contribution in [2.45, 2.75) is 12.5 Å². The van der Waals surface area contributed by atoms with Gasteiger partial charge in [0.15, 0.2) is 0 Å². The van der Waals surface area contributed by atoms with Crippen LogP contribution < -0.4 is 11.1 Å². The van der Waals surface area contributed by atoms with Gasteiger partial charge in [-0.3, -0.25) is 19.7 Å². The third kappa shape index (κ3) is 6.28. The van der Waals surface area contributed by atoms with Gasteiger partial charge in [0.1, 0.15) is 6.04 Å². The van der Waals surface area contributed by atoms with E-state index in [4.69, 9.17) is 10.8 Å². The van der Waals surface area contributed by atoms with Crippen molar-refractivity contribution in [3.05, 3.63) is 34.3 Å². The van der Waals surface area contributed by atoms with Crippen LogP contribution in [0.25, 0.3) is 0 Å². The van der Waals surface area contributed by atoms with Crippen molar-refractivity contribution in [1.29, 1.82) is 0 Å². The van der Waals surface area contributed by atoms with Gasteiger partial charge in [-0.2, -0.15) is 11.8 Å². The Hall–Kier alpha value is -1.38. The summed E-state index contributed by atoms with van der Waals surface area (Å²) in [5, 5.41) is 10.9. The lowest BCUT2D eigenvalue weighted by Gasteiger charge is -2.07. The van der Waals surface area contributed by atoms with E-state index in [0.717, 1.165) is 0 Å². The normalized spacial score (nSPS) is 11.7. The van der Waals surface area contributed by atoms with Crippen LogP contribution in [0.5, 0.6) is 0 Å². The van der Waals surface area contributed by atoms with Gasteiger partial charge in [-0.05, 0) is 40.2 Å². The number of rotatable bonds is 7. The average Bonchev–Trinajstić information content (AvgIpc) is 2.43. The standard InChI is InChI=1S/C13H15BrN2O4S/c14-9-4-2-1-3-8(9)12(18)16-11(17)7-21-6-5-10(15)13(19)20/h1-4,10H,5-7,15H2,(H,19,20)(H,16,17,18). The molecule has 1 atom stereocenters. The maximum absolute atomic E-state index is 11.8. The van der Waals surface area contributed by atoms with Gasteiger partial charge in [-0.25, -0.2) is 0 Å². The van der Waals surface area contributed by atoms with Gasteiger partial charge in [0.25, 0.3) is 5.91 Å². The number of hydrogen-bond donors (Lipinski definition) is 3. The van der Waals surface area contributed by atoms with Gasteiger partial charge in [-0.15, -0.1) is 0 Å². The third-order valence-electron chi connectivity index (χ3n) is 2.49. The molecular formula is C13H15BrN2O4S. The zero-order valence-corrected chi connectivity index (χ0v) is 13.4. The maximum Gasteiger partial charge on any atom is 0.320 e. The Morgan fingerprint density at radius 1 is 1.33 bits per heavy atom. The van der Waals surface area contributed by atoms with Crippen molar-refractivity contribution in [2.75, 3.05) is 11.5 Å². The van der Waals surface area contributed by atoms with Crippen LogP contribution >= 0.6 is 27.7 Å². The van der Waals surface area contributed by atoms with Crippen molar-refractivity contribution in [3.8, 4) is 0 Å². The Balaban J connectivity index is 2.33. The summed E-state index contributed by atoms with van der Waals surface area (Å²) in [5.41, 5.74) is 5.71. The molecule has 0 bridgehead atoms. The minimum absolute atomic E-state index is 0.0720. The molecule has 0 spiro atoms. The molecule has 21 heavy (non-hydrogen) atoms. The zero-order chi connectivity index (χ0) is 15.8. The molecule has 0 aliphatic rings. The number of amides is 2. The zero-order valence-electron chi connectivity index (χ0n) is 11.0. The Bertz CT molecular complexity index is 539. The van der Waals surface area contributed by atoms with Gasteiger partial charge in [-0.1, -0.05) is 12.1 Å². The van der Waals surface area contributed by atoms with Crippen molar-refractivity contribution in [1.82, 2.24) is 5.32 Å². The van der Waals surface area contributed by atoms with E-state index in [9.17, 15) is 14.4 Å². The molecule has 0 heterocycles. The fraction of sp³-hybridized carbons (Fsp3) is 0.308. The average molecular weight is 375 g/mol. The lowest BCUT2D eigenvalue weighted by atomic mass is 10.2. The van der Waals surface area contributed by atoms with E-state index >= 15 is 0 Å². The largest absolute Gasteiger partial charge is 0.480 e. The number of carboxylic acid groups (broad SMARTS) is 1. The molecule has 0 fully saturated rings. The summed E-state index contributed by atoms with van der Waals surface area (Å²) < 4.78 is 0.607. The highest BCUT2D eigenvalue weighted by Gasteiger charge is 2.14. The number of nitrogens with two attached hydrogens (primary N) is 1. The number of imide groups is 1. The minimum atomic E-state index is -1.07. The number of carboxylic acids is 1. The number of carbonyl (C=O) groups excluding carboxylic acids is 2. The molecule has 1 rings (SSSR count). The van der Waals surface area contributed by atoms with Crippen molar-refractivity contribution >= 4 is 45.5 Å². The summed E-state index contributed by atoms with van der Waals surface area (Å²) >= 11 is 4.46. The Morgan fingerprint density at radius 3 is 2.62 bits per heavy atom. The van der Waals surface area contributed by atoms with Crippen LogP contribution in [0.3, 0.4) is 0 Å². The van der Waals surface area contributed by atoms with Gasteiger partial charge >= 0.3 is 5.97 Å². The topological polar surface area (TPSA) is 109 Å². The molecule has 6 nitrogen and oxygen atoms in total. The van der Waals surface area contributed by atoms with Crippen LogP contribution in [0, 0.1) is 0 Å². The Morgan fingerprint density at radius 2 is 2.00 bits per heavy atom. The molecule has 0 radical (unpaired) electrons. The molecule has 1 aromatic rings. The number of hydrogen-bond acceptors (Lipinski definition) is 5. The second-order valence-electron chi connectivity index (χ2n) is 4.14. The first-order valence-corrected chi connectivity index (χ1v) is 8.01. The lowest BCUT2D eigenvalue weighted by Crippen LogP contribution is -2.33. The summed E-state index contributed by atoms with van der Waals surface area (Å²) in [4.78, 5) is 33.9. The van der Waals surface area contributed by atoms with Crippen LogP contribution in [0.1, 0.15) is 16.8 Å². The quantitative estimate of drug-likeness (QED) is 0.619. The minimum Gasteiger partial charge on any atom is -0.480 e. The summed E-state index contributed by atoms with van der Waals surface area (Å²) in [6, 6.07) is 5.85. The van der Waals surface area contributed by atoms with Gasteiger partial charge in [0, 0.05) is 4.47 Å². The highest BCUT2D eigenvalue weighted by atomic mass is 79.9. The SMILES string of the molecule is NC(CCSCC(=O)NC(=O)c1ccccc1Br)C(=O)O. The summed E-state index contributed by atoms with van der Waals surface area (Å²) in [5.74, 6) is -1.46. The highest BCUT2D eigenvalue weighted by molar-refractivity contribution is 9.10. The first-order valence-electron chi connectivity index (χ1n) is 6.06. The van der Waals surface area contributed by atoms with Crippen LogP contribution in [0.4, 0.5) is 0 Å². The monoisotopic (exact) mass is 374 g/mol. The summed E-state index contributed by atoms with van der Waals surface area (Å²) in [7, 11) is 0.